The van der Waals surface area contributed by atoms with Crippen LogP contribution in [-0.2, 0) is 4.74 Å². The fourth-order valence-electron chi connectivity index (χ4n) is 2.26. The van der Waals surface area contributed by atoms with E-state index in [0.717, 1.165) is 19.6 Å². The number of nitrogens with one attached hydrogen (secondary N) is 1. The number of nitrogens with zero attached hydrogens (tertiary/aromatic N) is 2. The van der Waals surface area contributed by atoms with Crippen molar-refractivity contribution in [3.63, 3.8) is 0 Å². The molecule has 0 aliphatic carbocycles. The molecule has 1 aliphatic heterocycles. The van der Waals surface area contributed by atoms with Crippen LogP contribution in [0.4, 0.5) is 0 Å². The molecule has 1 saturated heterocycles. The Balaban J connectivity index is 1.88. The number of hydrogen-bond acceptors (Lipinski definition) is 4. The Hall–Kier alpha value is -1.59. The number of carbonyl (C=O) groups excluding carboxylic acids is 1. The van der Waals surface area contributed by atoms with Crippen LogP contribution in [0.2, 0.25) is 5.02 Å². The minimum atomic E-state index is -0.317. The van der Waals surface area contributed by atoms with E-state index in [1.54, 1.807) is 24.3 Å². The van der Waals surface area contributed by atoms with E-state index in [1.807, 2.05) is 0 Å². The molecule has 2 rings (SSSR count). The summed E-state index contributed by atoms with van der Waals surface area (Å²) in [5, 5.41) is 3.04. The van der Waals surface area contributed by atoms with Crippen LogP contribution in [0.1, 0.15) is 23.2 Å². The van der Waals surface area contributed by atoms with E-state index in [-0.39, 0.29) is 11.9 Å². The Bertz CT molecular complexity index is 513. The number of methoxy groups -OCH3 is 1. The molecular formula is C15H20ClN3O2. The highest BCUT2D eigenvalue weighted by Crippen LogP contribution is 2.14. The molecule has 114 valence electrons. The van der Waals surface area contributed by atoms with Crippen molar-refractivity contribution in [2.75, 3.05) is 33.3 Å². The molecule has 5 nitrogen and oxygen atoms in total. The molecule has 0 unspecified atom stereocenters. The van der Waals surface area contributed by atoms with Crippen LogP contribution < -0.4 is 5.32 Å². The number of halogens is 1. The van der Waals surface area contributed by atoms with Crippen LogP contribution in [0.3, 0.4) is 0 Å². The van der Waals surface area contributed by atoms with Gasteiger partial charge in [-0.1, -0.05) is 23.7 Å². The summed E-state index contributed by atoms with van der Waals surface area (Å²) in [5.74, 6) is -0.317. The molecule has 6 heteroatoms. The number of likely N-dealkylation sites (tertiary alicyclic amines) is 1. The van der Waals surface area contributed by atoms with Crippen LogP contribution in [0.15, 0.2) is 29.3 Å². The van der Waals surface area contributed by atoms with Gasteiger partial charge in [0.05, 0.1) is 24.2 Å². The molecule has 1 aromatic carbocycles. The van der Waals surface area contributed by atoms with Gasteiger partial charge in [0.1, 0.15) is 0 Å². The molecular weight excluding hydrogens is 290 g/mol. The van der Waals surface area contributed by atoms with Gasteiger partial charge in [0.25, 0.3) is 11.9 Å². The Morgan fingerprint density at radius 2 is 2.10 bits per heavy atom. The molecule has 1 N–H and O–H groups in total. The largest absolute Gasteiger partial charge is 0.468 e. The maximum Gasteiger partial charge on any atom is 0.291 e. The number of amidine groups is 1. The first kappa shape index (κ1) is 15.8. The predicted molar refractivity (Wildman–Crippen MR) is 83.9 cm³/mol. The molecule has 1 fully saturated rings. The minimum absolute atomic E-state index is 0.221. The molecule has 0 radical (unpaired) electrons. The second-order valence-electron chi connectivity index (χ2n) is 4.87. The van der Waals surface area contributed by atoms with Gasteiger partial charge in [-0.15, -0.1) is 0 Å². The van der Waals surface area contributed by atoms with E-state index in [1.165, 1.54) is 20.0 Å². The second kappa shape index (κ2) is 8.00. The lowest BCUT2D eigenvalue weighted by Crippen LogP contribution is -2.33. The van der Waals surface area contributed by atoms with E-state index in [0.29, 0.717) is 17.1 Å². The lowest BCUT2D eigenvalue weighted by molar-refractivity contribution is 0.0968. The van der Waals surface area contributed by atoms with Gasteiger partial charge in [-0.25, -0.2) is 4.99 Å². The summed E-state index contributed by atoms with van der Waals surface area (Å²) in [6.07, 6.45) is 2.51. The molecule has 1 aromatic rings. The first-order valence-corrected chi connectivity index (χ1v) is 7.45. The van der Waals surface area contributed by atoms with Gasteiger partial charge in [0, 0.05) is 6.54 Å². The first-order chi connectivity index (χ1) is 10.2. The van der Waals surface area contributed by atoms with Crippen molar-refractivity contribution in [3.05, 3.63) is 34.9 Å². The van der Waals surface area contributed by atoms with Crippen molar-refractivity contribution in [1.82, 2.24) is 10.2 Å². The lowest BCUT2D eigenvalue weighted by Gasteiger charge is -2.13. The van der Waals surface area contributed by atoms with Gasteiger partial charge in [-0.2, -0.15) is 0 Å². The number of amides is 1. The van der Waals surface area contributed by atoms with Crippen molar-refractivity contribution >= 4 is 23.5 Å². The third-order valence-corrected chi connectivity index (χ3v) is 3.73. The molecule has 0 saturated carbocycles. The zero-order valence-electron chi connectivity index (χ0n) is 12.1. The zero-order valence-corrected chi connectivity index (χ0v) is 12.9. The Morgan fingerprint density at radius 1 is 1.38 bits per heavy atom. The summed E-state index contributed by atoms with van der Waals surface area (Å²) in [7, 11) is 1.49. The molecule has 21 heavy (non-hydrogen) atoms. The summed E-state index contributed by atoms with van der Waals surface area (Å²) in [6.45, 7) is 3.74. The fraction of sp³-hybridized carbons (Fsp3) is 0.467. The van der Waals surface area contributed by atoms with Crippen molar-refractivity contribution < 1.29 is 9.53 Å². The predicted octanol–water partition coefficient (Wildman–Crippen LogP) is 2.17. The Morgan fingerprint density at radius 3 is 2.76 bits per heavy atom. The fourth-order valence-corrected chi connectivity index (χ4v) is 2.49. The number of carbonyl (C=O) groups is 1. The standard InChI is InChI=1S/C15H20ClN3O2/c1-21-15(17-8-11-19-9-4-5-10-19)18-14(20)12-6-2-3-7-13(12)16/h2-3,6-7H,4-5,8-11H2,1H3,(H,17,18,20). The number of rotatable bonds is 4. The van der Waals surface area contributed by atoms with Crippen molar-refractivity contribution in [3.8, 4) is 0 Å². The number of hydrogen-bond donors (Lipinski definition) is 1. The quantitative estimate of drug-likeness (QED) is 0.685. The van der Waals surface area contributed by atoms with E-state index in [9.17, 15) is 4.79 Å². The number of benzene rings is 1. The topological polar surface area (TPSA) is 53.9 Å². The smallest absolute Gasteiger partial charge is 0.291 e. The maximum atomic E-state index is 12.1. The van der Waals surface area contributed by atoms with Crippen molar-refractivity contribution in [1.29, 1.82) is 0 Å². The lowest BCUT2D eigenvalue weighted by atomic mass is 10.2. The monoisotopic (exact) mass is 309 g/mol. The summed E-state index contributed by atoms with van der Waals surface area (Å²) < 4.78 is 5.10. The summed E-state index contributed by atoms with van der Waals surface area (Å²) in [6, 6.07) is 7.10. The highest BCUT2D eigenvalue weighted by atomic mass is 35.5. The van der Waals surface area contributed by atoms with Gasteiger partial charge in [-0.3, -0.25) is 10.1 Å². The maximum absolute atomic E-state index is 12.1. The van der Waals surface area contributed by atoms with Crippen molar-refractivity contribution in [2.45, 2.75) is 12.8 Å². The van der Waals surface area contributed by atoms with Gasteiger partial charge < -0.3 is 9.64 Å². The molecule has 1 heterocycles. The Kier molecular flexibility index (Phi) is 6.02. The SMILES string of the molecule is COC(=NCCN1CCCC1)NC(=O)c1ccccc1Cl. The zero-order chi connectivity index (χ0) is 15.1. The van der Waals surface area contributed by atoms with Gasteiger partial charge in [-0.05, 0) is 38.1 Å². The second-order valence-corrected chi connectivity index (χ2v) is 5.28. The van der Waals surface area contributed by atoms with Gasteiger partial charge in [0.2, 0.25) is 0 Å². The number of aliphatic imine (C=N–C) groups is 1. The number of ether oxygens (including phenoxy) is 1. The minimum Gasteiger partial charge on any atom is -0.468 e. The van der Waals surface area contributed by atoms with Crippen LogP contribution >= 0.6 is 11.6 Å². The van der Waals surface area contributed by atoms with E-state index in [2.05, 4.69) is 15.2 Å². The molecule has 0 atom stereocenters. The van der Waals surface area contributed by atoms with Crippen LogP contribution in [0, 0.1) is 0 Å². The molecule has 0 bridgehead atoms. The van der Waals surface area contributed by atoms with Gasteiger partial charge >= 0.3 is 0 Å². The third kappa shape index (κ3) is 4.72. The van der Waals surface area contributed by atoms with E-state index >= 15 is 0 Å². The third-order valence-electron chi connectivity index (χ3n) is 3.40. The average Bonchev–Trinajstić information content (AvgIpc) is 2.99. The average molecular weight is 310 g/mol. The normalized spacial score (nSPS) is 16.0. The first-order valence-electron chi connectivity index (χ1n) is 7.07. The van der Waals surface area contributed by atoms with E-state index in [4.69, 9.17) is 16.3 Å². The summed E-state index contributed by atoms with van der Waals surface area (Å²) in [4.78, 5) is 18.7. The van der Waals surface area contributed by atoms with Gasteiger partial charge in [0.15, 0.2) is 0 Å². The highest BCUT2D eigenvalue weighted by Gasteiger charge is 2.13. The van der Waals surface area contributed by atoms with Crippen LogP contribution in [0.25, 0.3) is 0 Å². The summed E-state index contributed by atoms with van der Waals surface area (Å²) >= 11 is 5.99. The van der Waals surface area contributed by atoms with Crippen LogP contribution in [0.5, 0.6) is 0 Å². The van der Waals surface area contributed by atoms with Crippen molar-refractivity contribution in [2.24, 2.45) is 4.99 Å². The highest BCUT2D eigenvalue weighted by molar-refractivity contribution is 6.34. The molecule has 0 spiro atoms. The Labute approximate surface area is 129 Å². The molecule has 0 aromatic heterocycles. The summed E-state index contributed by atoms with van der Waals surface area (Å²) in [5.41, 5.74) is 0.406. The molecule has 1 aliphatic rings. The molecule has 1 amide bonds. The van der Waals surface area contributed by atoms with E-state index < -0.39 is 0 Å². The van der Waals surface area contributed by atoms with Crippen LogP contribution in [-0.4, -0.2) is 50.1 Å².